The Balaban J connectivity index is 1.91. The standard InChI is InChI=1S/C18H15F3N4O3/c1-11-4-6-13(7-5-11)14(26)23-17(18(19,20)21)15(27)25(16(28)24-17)10-12-3-2-8-22-9-12/h2-9H,10H2,1H3,(H,23,26)(H,24,28). The van der Waals surface area contributed by atoms with Gasteiger partial charge in [-0.1, -0.05) is 23.8 Å². The molecule has 28 heavy (non-hydrogen) atoms. The lowest BCUT2D eigenvalue weighted by Crippen LogP contribution is -2.69. The summed E-state index contributed by atoms with van der Waals surface area (Å²) >= 11 is 0. The molecular weight excluding hydrogens is 377 g/mol. The average Bonchev–Trinajstić information content (AvgIpc) is 2.88. The number of urea groups is 1. The van der Waals surface area contributed by atoms with Crippen molar-refractivity contribution in [1.82, 2.24) is 20.5 Å². The first-order valence-corrected chi connectivity index (χ1v) is 8.13. The molecule has 1 aromatic carbocycles. The molecule has 1 aromatic heterocycles. The summed E-state index contributed by atoms with van der Waals surface area (Å²) in [4.78, 5) is 41.3. The SMILES string of the molecule is Cc1ccc(C(=O)NC2(C(F)(F)F)NC(=O)N(Cc3cccnc3)C2=O)cc1. The first-order valence-electron chi connectivity index (χ1n) is 8.13. The Morgan fingerprint density at radius 1 is 1.21 bits per heavy atom. The van der Waals surface area contributed by atoms with Gasteiger partial charge in [-0.15, -0.1) is 0 Å². The lowest BCUT2D eigenvalue weighted by atomic mass is 10.1. The van der Waals surface area contributed by atoms with Crippen molar-refractivity contribution in [3.63, 3.8) is 0 Å². The van der Waals surface area contributed by atoms with Gasteiger partial charge in [-0.05, 0) is 30.7 Å². The normalized spacial score (nSPS) is 19.5. The minimum Gasteiger partial charge on any atom is -0.314 e. The van der Waals surface area contributed by atoms with Crippen LogP contribution in [-0.4, -0.2) is 39.6 Å². The number of hydrogen-bond donors (Lipinski definition) is 2. The van der Waals surface area contributed by atoms with Gasteiger partial charge in [0.15, 0.2) is 0 Å². The summed E-state index contributed by atoms with van der Waals surface area (Å²) in [6.45, 7) is 1.33. The summed E-state index contributed by atoms with van der Waals surface area (Å²) in [7, 11) is 0. The topological polar surface area (TPSA) is 91.4 Å². The van der Waals surface area contributed by atoms with E-state index in [1.165, 1.54) is 36.7 Å². The molecule has 2 heterocycles. The molecule has 0 saturated carbocycles. The monoisotopic (exact) mass is 392 g/mol. The zero-order chi connectivity index (χ0) is 20.5. The van der Waals surface area contributed by atoms with E-state index >= 15 is 0 Å². The highest BCUT2D eigenvalue weighted by atomic mass is 19.4. The van der Waals surface area contributed by atoms with Crippen LogP contribution in [0.3, 0.4) is 0 Å². The summed E-state index contributed by atoms with van der Waals surface area (Å²) in [5.41, 5.74) is -2.47. The molecule has 1 aliphatic heterocycles. The van der Waals surface area contributed by atoms with Gasteiger partial charge >= 0.3 is 12.2 Å². The van der Waals surface area contributed by atoms with Crippen molar-refractivity contribution in [3.05, 3.63) is 65.5 Å². The van der Waals surface area contributed by atoms with Gasteiger partial charge in [0.1, 0.15) is 0 Å². The van der Waals surface area contributed by atoms with Crippen molar-refractivity contribution in [2.75, 3.05) is 0 Å². The van der Waals surface area contributed by atoms with Crippen molar-refractivity contribution in [3.8, 4) is 0 Å². The summed E-state index contributed by atoms with van der Waals surface area (Å²) in [5, 5.41) is 3.26. The molecule has 4 amide bonds. The minimum absolute atomic E-state index is 0.0815. The van der Waals surface area contributed by atoms with Crippen molar-refractivity contribution in [2.24, 2.45) is 0 Å². The molecule has 0 spiro atoms. The van der Waals surface area contributed by atoms with Crippen LogP contribution in [0.15, 0.2) is 48.8 Å². The zero-order valence-electron chi connectivity index (χ0n) is 14.6. The third kappa shape index (κ3) is 3.40. The third-order valence-electron chi connectivity index (χ3n) is 4.21. The highest BCUT2D eigenvalue weighted by Gasteiger charge is 2.68. The second-order valence-corrected chi connectivity index (χ2v) is 6.25. The van der Waals surface area contributed by atoms with Gasteiger partial charge < -0.3 is 5.32 Å². The summed E-state index contributed by atoms with van der Waals surface area (Å²) in [6, 6.07) is 7.48. The van der Waals surface area contributed by atoms with Gasteiger partial charge in [-0.2, -0.15) is 13.2 Å². The molecule has 0 bridgehead atoms. The van der Waals surface area contributed by atoms with Crippen molar-refractivity contribution < 1.29 is 27.6 Å². The Bertz CT molecular complexity index is 916. The van der Waals surface area contributed by atoms with E-state index in [-0.39, 0.29) is 5.56 Å². The molecule has 3 rings (SSSR count). The molecule has 1 fully saturated rings. The maximum atomic E-state index is 13.8. The minimum atomic E-state index is -5.26. The van der Waals surface area contributed by atoms with E-state index in [2.05, 4.69) is 4.98 Å². The average molecular weight is 392 g/mol. The number of carbonyl (C=O) groups excluding carboxylic acids is 3. The Morgan fingerprint density at radius 3 is 2.46 bits per heavy atom. The number of halogens is 3. The van der Waals surface area contributed by atoms with Gasteiger partial charge in [0.25, 0.3) is 17.5 Å². The quantitative estimate of drug-likeness (QED) is 0.780. The van der Waals surface area contributed by atoms with E-state index in [0.29, 0.717) is 10.5 Å². The van der Waals surface area contributed by atoms with Gasteiger partial charge in [0.2, 0.25) is 0 Å². The molecule has 0 radical (unpaired) electrons. The predicted octanol–water partition coefficient (Wildman–Crippen LogP) is 2.13. The fraction of sp³-hybridized carbons (Fsp3) is 0.222. The number of nitrogens with zero attached hydrogens (tertiary/aromatic N) is 2. The molecule has 2 aromatic rings. The highest BCUT2D eigenvalue weighted by molar-refractivity contribution is 6.10. The second-order valence-electron chi connectivity index (χ2n) is 6.25. The van der Waals surface area contributed by atoms with Crippen LogP contribution in [0, 0.1) is 6.92 Å². The Kier molecular flexibility index (Phi) is 4.80. The highest BCUT2D eigenvalue weighted by Crippen LogP contribution is 2.34. The van der Waals surface area contributed by atoms with E-state index in [9.17, 15) is 27.6 Å². The number of aromatic nitrogens is 1. The van der Waals surface area contributed by atoms with Crippen molar-refractivity contribution in [1.29, 1.82) is 0 Å². The number of carbonyl (C=O) groups is 3. The number of alkyl halides is 3. The number of hydrogen-bond acceptors (Lipinski definition) is 4. The lowest BCUT2D eigenvalue weighted by molar-refractivity contribution is -0.200. The van der Waals surface area contributed by atoms with E-state index < -0.39 is 36.2 Å². The summed E-state index contributed by atoms with van der Waals surface area (Å²) in [5.74, 6) is -2.76. The van der Waals surface area contributed by atoms with Gasteiger partial charge in [-0.25, -0.2) is 4.79 Å². The van der Waals surface area contributed by atoms with Crippen molar-refractivity contribution >= 4 is 17.8 Å². The van der Waals surface area contributed by atoms with Crippen LogP contribution >= 0.6 is 0 Å². The van der Waals surface area contributed by atoms with E-state index in [0.717, 1.165) is 5.56 Å². The van der Waals surface area contributed by atoms with E-state index in [4.69, 9.17) is 0 Å². The van der Waals surface area contributed by atoms with Crippen LogP contribution in [0.1, 0.15) is 21.5 Å². The Morgan fingerprint density at radius 2 is 1.89 bits per heavy atom. The number of pyridine rings is 1. The fourth-order valence-corrected chi connectivity index (χ4v) is 2.69. The molecule has 0 aliphatic carbocycles. The molecule has 1 aliphatic rings. The molecule has 7 nitrogen and oxygen atoms in total. The Labute approximate surface area is 157 Å². The predicted molar refractivity (Wildman–Crippen MR) is 90.7 cm³/mol. The first kappa shape index (κ1) is 19.3. The summed E-state index contributed by atoms with van der Waals surface area (Å²) in [6.07, 6.45) is -2.50. The van der Waals surface area contributed by atoms with Crippen molar-refractivity contribution in [2.45, 2.75) is 25.3 Å². The molecule has 1 atom stereocenters. The number of aryl methyl sites for hydroxylation is 1. The number of amides is 4. The lowest BCUT2D eigenvalue weighted by Gasteiger charge is -2.29. The van der Waals surface area contributed by atoms with Gasteiger partial charge in [-0.3, -0.25) is 24.8 Å². The largest absolute Gasteiger partial charge is 0.440 e. The van der Waals surface area contributed by atoms with E-state index in [1.807, 2.05) is 0 Å². The van der Waals surface area contributed by atoms with Gasteiger partial charge in [0.05, 0.1) is 6.54 Å². The van der Waals surface area contributed by atoms with Crippen LogP contribution < -0.4 is 10.6 Å². The molecule has 1 unspecified atom stereocenters. The number of rotatable bonds is 4. The van der Waals surface area contributed by atoms with Crippen LogP contribution in [0.25, 0.3) is 0 Å². The smallest absolute Gasteiger partial charge is 0.314 e. The van der Waals surface area contributed by atoms with Gasteiger partial charge in [0, 0.05) is 18.0 Å². The molecule has 2 N–H and O–H groups in total. The fourth-order valence-electron chi connectivity index (χ4n) is 2.69. The van der Waals surface area contributed by atoms with Crippen LogP contribution in [0.5, 0.6) is 0 Å². The van der Waals surface area contributed by atoms with E-state index in [1.54, 1.807) is 29.7 Å². The maximum Gasteiger partial charge on any atom is 0.440 e. The number of imide groups is 1. The molecule has 146 valence electrons. The number of benzene rings is 1. The number of nitrogens with one attached hydrogen (secondary N) is 2. The van der Waals surface area contributed by atoms with Crippen LogP contribution in [0.4, 0.5) is 18.0 Å². The second kappa shape index (κ2) is 6.95. The third-order valence-corrected chi connectivity index (χ3v) is 4.21. The maximum absolute atomic E-state index is 13.8. The molecule has 1 saturated heterocycles. The summed E-state index contributed by atoms with van der Waals surface area (Å²) < 4.78 is 41.4. The first-order chi connectivity index (χ1) is 13.1. The van der Waals surface area contributed by atoms with Crippen LogP contribution in [0.2, 0.25) is 0 Å². The zero-order valence-corrected chi connectivity index (χ0v) is 14.6. The van der Waals surface area contributed by atoms with Crippen LogP contribution in [-0.2, 0) is 11.3 Å². The molecule has 10 heteroatoms. The molecular formula is C18H15F3N4O3. The Hall–Kier alpha value is -3.43.